The van der Waals surface area contributed by atoms with Gasteiger partial charge in [-0.3, -0.25) is 4.79 Å². The first-order chi connectivity index (χ1) is 5.79. The zero-order chi connectivity index (χ0) is 8.55. The van der Waals surface area contributed by atoms with E-state index in [0.717, 1.165) is 17.5 Å². The molecular weight excluding hydrogens is 152 g/mol. The minimum atomic E-state index is -0.750. The maximum atomic E-state index is 10.7. The average Bonchev–Trinajstić information content (AvgIpc) is 2.47. The minimum absolute atomic E-state index is 0.388. The fourth-order valence-electron chi connectivity index (χ4n) is 1.63. The summed E-state index contributed by atoms with van der Waals surface area (Å²) in [6, 6.07) is 7.69. The van der Waals surface area contributed by atoms with Gasteiger partial charge in [0.25, 0.3) is 0 Å². The van der Waals surface area contributed by atoms with E-state index in [1.165, 1.54) is 0 Å². The first-order valence-electron chi connectivity index (χ1n) is 3.93. The predicted molar refractivity (Wildman–Crippen MR) is 44.8 cm³/mol. The zero-order valence-electron chi connectivity index (χ0n) is 6.53. The van der Waals surface area contributed by atoms with Gasteiger partial charge in [-0.15, -0.1) is 0 Å². The molecule has 0 saturated carbocycles. The lowest BCUT2D eigenvalue weighted by molar-refractivity contribution is -0.137. The lowest BCUT2D eigenvalue weighted by atomic mass is 10.0. The van der Waals surface area contributed by atoms with Crippen LogP contribution in [-0.4, -0.2) is 11.1 Å². The molecule has 1 atom stereocenters. The van der Waals surface area contributed by atoms with Crippen LogP contribution in [0, 0.1) is 6.42 Å². The summed E-state index contributed by atoms with van der Waals surface area (Å²) < 4.78 is 0. The first-order valence-corrected chi connectivity index (χ1v) is 3.93. The van der Waals surface area contributed by atoms with E-state index in [2.05, 4.69) is 0 Å². The molecule has 1 N–H and O–H groups in total. The van der Waals surface area contributed by atoms with Crippen molar-refractivity contribution in [3.63, 3.8) is 0 Å². The molecule has 2 rings (SSSR count). The summed E-state index contributed by atoms with van der Waals surface area (Å²) in [4.78, 5) is 10.7. The van der Waals surface area contributed by atoms with Crippen molar-refractivity contribution in [3.8, 4) is 0 Å². The molecule has 2 nitrogen and oxygen atoms in total. The Labute approximate surface area is 70.8 Å². The summed E-state index contributed by atoms with van der Waals surface area (Å²) in [5.41, 5.74) is 2.09. The second-order valence-electron chi connectivity index (χ2n) is 2.95. The van der Waals surface area contributed by atoms with E-state index in [1.807, 2.05) is 30.7 Å². The third-order valence-electron chi connectivity index (χ3n) is 2.23. The molecular formula is C10H9O2. The van der Waals surface area contributed by atoms with Crippen LogP contribution in [0.4, 0.5) is 0 Å². The molecule has 0 bridgehead atoms. The van der Waals surface area contributed by atoms with Gasteiger partial charge in [0.05, 0.1) is 5.92 Å². The topological polar surface area (TPSA) is 37.3 Å². The number of hydrogen-bond donors (Lipinski definition) is 1. The monoisotopic (exact) mass is 161 g/mol. The number of fused-ring (bicyclic) bond motifs is 1. The van der Waals surface area contributed by atoms with Gasteiger partial charge in [0.1, 0.15) is 0 Å². The van der Waals surface area contributed by atoms with Gasteiger partial charge in [-0.1, -0.05) is 24.3 Å². The smallest absolute Gasteiger partial charge is 0.311 e. The molecule has 61 valence electrons. The Morgan fingerprint density at radius 1 is 1.42 bits per heavy atom. The number of rotatable bonds is 1. The second kappa shape index (κ2) is 2.63. The molecule has 0 saturated heterocycles. The third-order valence-corrected chi connectivity index (χ3v) is 2.23. The van der Waals surface area contributed by atoms with E-state index < -0.39 is 5.97 Å². The molecule has 0 fully saturated rings. The second-order valence-corrected chi connectivity index (χ2v) is 2.95. The van der Waals surface area contributed by atoms with Gasteiger partial charge in [0, 0.05) is 0 Å². The molecule has 2 heteroatoms. The zero-order valence-corrected chi connectivity index (χ0v) is 6.53. The van der Waals surface area contributed by atoms with Crippen molar-refractivity contribution in [1.82, 2.24) is 0 Å². The summed E-state index contributed by atoms with van der Waals surface area (Å²) in [6.45, 7) is 0. The van der Waals surface area contributed by atoms with Crippen molar-refractivity contribution in [2.45, 2.75) is 12.3 Å². The lowest BCUT2D eigenvalue weighted by Gasteiger charge is -2.03. The van der Waals surface area contributed by atoms with Crippen LogP contribution >= 0.6 is 0 Å². The minimum Gasteiger partial charge on any atom is -0.481 e. The van der Waals surface area contributed by atoms with Crippen LogP contribution in [0.1, 0.15) is 17.0 Å². The highest BCUT2D eigenvalue weighted by Gasteiger charge is 2.27. The fourth-order valence-corrected chi connectivity index (χ4v) is 1.63. The van der Waals surface area contributed by atoms with Crippen LogP contribution in [0.15, 0.2) is 24.3 Å². The number of carboxylic acids is 1. The van der Waals surface area contributed by atoms with Gasteiger partial charge >= 0.3 is 5.97 Å². The highest BCUT2D eigenvalue weighted by atomic mass is 16.4. The molecule has 1 aromatic rings. The van der Waals surface area contributed by atoms with Crippen LogP contribution in [-0.2, 0) is 11.2 Å². The van der Waals surface area contributed by atoms with Gasteiger partial charge in [-0.25, -0.2) is 0 Å². The summed E-state index contributed by atoms with van der Waals surface area (Å²) >= 11 is 0. The highest BCUT2D eigenvalue weighted by Crippen LogP contribution is 2.31. The Kier molecular flexibility index (Phi) is 1.61. The Morgan fingerprint density at radius 2 is 2.17 bits per heavy atom. The SMILES string of the molecule is O=C(O)C1[CH]Cc2ccccc21. The third kappa shape index (κ3) is 0.998. The number of benzene rings is 1. The fraction of sp³-hybridized carbons (Fsp3) is 0.200. The van der Waals surface area contributed by atoms with Crippen molar-refractivity contribution in [2.75, 3.05) is 0 Å². The maximum absolute atomic E-state index is 10.7. The lowest BCUT2D eigenvalue weighted by Crippen LogP contribution is -2.07. The van der Waals surface area contributed by atoms with E-state index in [-0.39, 0.29) is 5.92 Å². The summed E-state index contributed by atoms with van der Waals surface area (Å²) in [6.07, 6.45) is 2.63. The molecule has 0 spiro atoms. The van der Waals surface area contributed by atoms with Gasteiger partial charge in [0.15, 0.2) is 0 Å². The standard InChI is InChI=1S/C10H9O2/c11-10(12)9-6-5-7-3-1-2-4-8(7)9/h1-4,6,9H,5H2,(H,11,12). The normalized spacial score (nSPS) is 20.5. The van der Waals surface area contributed by atoms with Crippen molar-refractivity contribution >= 4 is 5.97 Å². The number of carboxylic acid groups (broad SMARTS) is 1. The molecule has 0 heterocycles. The van der Waals surface area contributed by atoms with E-state index in [0.29, 0.717) is 0 Å². The van der Waals surface area contributed by atoms with Gasteiger partial charge in [0.2, 0.25) is 0 Å². The van der Waals surface area contributed by atoms with Crippen molar-refractivity contribution in [2.24, 2.45) is 0 Å². The molecule has 1 aliphatic rings. The van der Waals surface area contributed by atoms with E-state index in [1.54, 1.807) is 0 Å². The molecule has 1 radical (unpaired) electrons. The molecule has 1 aromatic carbocycles. The van der Waals surface area contributed by atoms with Crippen molar-refractivity contribution in [1.29, 1.82) is 0 Å². The number of aliphatic carboxylic acids is 1. The van der Waals surface area contributed by atoms with Crippen LogP contribution in [0.2, 0.25) is 0 Å². The predicted octanol–water partition coefficient (Wildman–Crippen LogP) is 1.62. The molecule has 0 aromatic heterocycles. The van der Waals surface area contributed by atoms with Crippen molar-refractivity contribution < 1.29 is 9.90 Å². The Hall–Kier alpha value is -1.31. The molecule has 1 aliphatic carbocycles. The maximum Gasteiger partial charge on any atom is 0.311 e. The highest BCUT2D eigenvalue weighted by molar-refractivity contribution is 5.79. The van der Waals surface area contributed by atoms with Crippen molar-refractivity contribution in [3.05, 3.63) is 41.8 Å². The number of hydrogen-bond acceptors (Lipinski definition) is 1. The van der Waals surface area contributed by atoms with E-state index in [9.17, 15) is 4.79 Å². The molecule has 12 heavy (non-hydrogen) atoms. The summed E-state index contributed by atoms with van der Waals surface area (Å²) in [5, 5.41) is 8.83. The van der Waals surface area contributed by atoms with Crippen LogP contribution in [0.25, 0.3) is 0 Å². The molecule has 1 unspecified atom stereocenters. The first kappa shape index (κ1) is 7.35. The number of carbonyl (C=O) groups is 1. The van der Waals surface area contributed by atoms with E-state index >= 15 is 0 Å². The van der Waals surface area contributed by atoms with Crippen LogP contribution in [0.3, 0.4) is 0 Å². The van der Waals surface area contributed by atoms with Gasteiger partial charge < -0.3 is 5.11 Å². The Bertz CT molecular complexity index is 317. The Morgan fingerprint density at radius 3 is 2.92 bits per heavy atom. The summed E-state index contributed by atoms with van der Waals surface area (Å²) in [5.74, 6) is -1.14. The summed E-state index contributed by atoms with van der Waals surface area (Å²) in [7, 11) is 0. The largest absolute Gasteiger partial charge is 0.481 e. The molecule has 0 amide bonds. The van der Waals surface area contributed by atoms with E-state index in [4.69, 9.17) is 5.11 Å². The van der Waals surface area contributed by atoms with Gasteiger partial charge in [-0.05, 0) is 24.0 Å². The average molecular weight is 161 g/mol. The molecule has 0 aliphatic heterocycles. The van der Waals surface area contributed by atoms with Crippen LogP contribution in [0.5, 0.6) is 0 Å². The van der Waals surface area contributed by atoms with Gasteiger partial charge in [-0.2, -0.15) is 0 Å². The van der Waals surface area contributed by atoms with Crippen LogP contribution < -0.4 is 0 Å². The quantitative estimate of drug-likeness (QED) is 0.679. The Balaban J connectivity index is 2.42.